The fourth-order valence-corrected chi connectivity index (χ4v) is 5.12. The van der Waals surface area contributed by atoms with Gasteiger partial charge < -0.3 is 5.32 Å². The fraction of sp³-hybridized carbons (Fsp3) is 0.280. The maximum Gasteiger partial charge on any atom is 0.265 e. The van der Waals surface area contributed by atoms with Crippen LogP contribution in [0.15, 0.2) is 70.0 Å². The zero-order chi connectivity index (χ0) is 21.6. The minimum Gasteiger partial charge on any atom is -0.354 e. The van der Waals surface area contributed by atoms with Crippen LogP contribution in [0.5, 0.6) is 0 Å². The summed E-state index contributed by atoms with van der Waals surface area (Å²) in [5.74, 6) is -0.317. The van der Waals surface area contributed by atoms with E-state index in [0.29, 0.717) is 16.5 Å². The van der Waals surface area contributed by atoms with Crippen molar-refractivity contribution in [1.29, 1.82) is 0 Å². The molecule has 2 amide bonds. The van der Waals surface area contributed by atoms with Crippen LogP contribution in [-0.2, 0) is 9.59 Å². The molecule has 4 rings (SSSR count). The Balaban J connectivity index is 1.48. The number of rotatable bonds is 6. The maximum absolute atomic E-state index is 13.2. The zero-order valence-electron chi connectivity index (χ0n) is 17.3. The van der Waals surface area contributed by atoms with Gasteiger partial charge in [-0.25, -0.2) is 0 Å². The van der Waals surface area contributed by atoms with Crippen molar-refractivity contribution in [3.05, 3.63) is 75.7 Å². The molecule has 0 radical (unpaired) electrons. The number of nitrogens with zero attached hydrogens (tertiary/aromatic N) is 1. The van der Waals surface area contributed by atoms with Gasteiger partial charge in [0.25, 0.3) is 5.91 Å². The van der Waals surface area contributed by atoms with Crippen LogP contribution >= 0.6 is 23.4 Å². The van der Waals surface area contributed by atoms with Gasteiger partial charge in [0.1, 0.15) is 6.54 Å². The van der Waals surface area contributed by atoms with E-state index < -0.39 is 0 Å². The molecule has 0 saturated heterocycles. The second kappa shape index (κ2) is 10.2. The van der Waals surface area contributed by atoms with E-state index in [-0.39, 0.29) is 18.4 Å². The van der Waals surface area contributed by atoms with Crippen LogP contribution in [-0.4, -0.2) is 24.9 Å². The number of carbonyl (C=O) groups is 2. The van der Waals surface area contributed by atoms with Gasteiger partial charge in [0.2, 0.25) is 5.91 Å². The third-order valence-corrected chi connectivity index (χ3v) is 6.75. The Hall–Kier alpha value is -2.50. The first-order valence-corrected chi connectivity index (χ1v) is 11.8. The van der Waals surface area contributed by atoms with E-state index in [1.165, 1.54) is 30.2 Å². The summed E-state index contributed by atoms with van der Waals surface area (Å²) >= 11 is 7.51. The molecule has 0 atom stereocenters. The molecule has 1 N–H and O–H groups in total. The predicted molar refractivity (Wildman–Crippen MR) is 128 cm³/mol. The number of thioether (sulfide) groups is 1. The van der Waals surface area contributed by atoms with E-state index in [4.69, 9.17) is 11.6 Å². The highest BCUT2D eigenvalue weighted by atomic mass is 35.5. The minimum atomic E-state index is -0.172. The standard InChI is InChI=1S/C25H25ClN2O2S/c26-20-10-6-9-19(15-20)16-23-25(30)28(21-11-4-5-12-22(21)31-23)17-24(29)27-14-13-18-7-2-1-3-8-18/h4-7,9-12,15-16H,1-3,8,13-14,17H2,(H,27,29). The Labute approximate surface area is 192 Å². The summed E-state index contributed by atoms with van der Waals surface area (Å²) in [7, 11) is 0. The van der Waals surface area contributed by atoms with E-state index in [1.807, 2.05) is 48.5 Å². The fourth-order valence-electron chi connectivity index (χ4n) is 3.86. The molecule has 4 nitrogen and oxygen atoms in total. The molecule has 2 aromatic carbocycles. The van der Waals surface area contributed by atoms with E-state index in [0.717, 1.165) is 35.4 Å². The number of fused-ring (bicyclic) bond motifs is 1. The number of amides is 2. The van der Waals surface area contributed by atoms with Gasteiger partial charge in [-0.2, -0.15) is 0 Å². The van der Waals surface area contributed by atoms with Crippen molar-refractivity contribution < 1.29 is 9.59 Å². The summed E-state index contributed by atoms with van der Waals surface area (Å²) in [5.41, 5.74) is 3.05. The molecule has 1 aliphatic heterocycles. The Morgan fingerprint density at radius 3 is 2.84 bits per heavy atom. The van der Waals surface area contributed by atoms with Crippen LogP contribution in [0.4, 0.5) is 5.69 Å². The predicted octanol–water partition coefficient (Wildman–Crippen LogP) is 5.83. The van der Waals surface area contributed by atoms with Crippen LogP contribution in [0.3, 0.4) is 0 Å². The number of anilines is 1. The lowest BCUT2D eigenvalue weighted by molar-refractivity contribution is -0.122. The maximum atomic E-state index is 13.2. The molecule has 2 aromatic rings. The van der Waals surface area contributed by atoms with E-state index in [9.17, 15) is 9.59 Å². The first-order valence-electron chi connectivity index (χ1n) is 10.6. The summed E-state index contributed by atoms with van der Waals surface area (Å²) < 4.78 is 0. The lowest BCUT2D eigenvalue weighted by Gasteiger charge is -2.29. The monoisotopic (exact) mass is 452 g/mol. The number of hydrogen-bond acceptors (Lipinski definition) is 3. The second-order valence-corrected chi connectivity index (χ2v) is 9.25. The van der Waals surface area contributed by atoms with Gasteiger partial charge in [-0.15, -0.1) is 0 Å². The van der Waals surface area contributed by atoms with Crippen molar-refractivity contribution in [2.24, 2.45) is 0 Å². The number of nitrogens with one attached hydrogen (secondary N) is 1. The normalized spacial score (nSPS) is 17.3. The molecule has 1 heterocycles. The molecule has 6 heteroatoms. The molecule has 1 aliphatic carbocycles. The summed E-state index contributed by atoms with van der Waals surface area (Å²) in [6, 6.07) is 15.1. The molecule has 0 saturated carbocycles. The number of halogens is 1. The van der Waals surface area contributed by atoms with Crippen LogP contribution in [0.2, 0.25) is 5.02 Å². The quantitative estimate of drug-likeness (QED) is 0.443. The number of carbonyl (C=O) groups excluding carboxylic acids is 2. The lowest BCUT2D eigenvalue weighted by Crippen LogP contribution is -2.43. The summed E-state index contributed by atoms with van der Waals surface area (Å²) in [6.07, 6.45) is 9.77. The number of benzene rings is 2. The molecule has 0 aromatic heterocycles. The smallest absolute Gasteiger partial charge is 0.265 e. The van der Waals surface area contributed by atoms with Gasteiger partial charge in [-0.3, -0.25) is 14.5 Å². The van der Waals surface area contributed by atoms with Crippen molar-refractivity contribution in [3.8, 4) is 0 Å². The Morgan fingerprint density at radius 1 is 1.16 bits per heavy atom. The average molecular weight is 453 g/mol. The topological polar surface area (TPSA) is 49.4 Å². The van der Waals surface area contributed by atoms with Crippen molar-refractivity contribution in [2.75, 3.05) is 18.0 Å². The van der Waals surface area contributed by atoms with E-state index in [1.54, 1.807) is 11.0 Å². The zero-order valence-corrected chi connectivity index (χ0v) is 18.8. The highest BCUT2D eigenvalue weighted by molar-refractivity contribution is 8.04. The Bertz CT molecular complexity index is 1050. The summed E-state index contributed by atoms with van der Waals surface area (Å²) in [4.78, 5) is 29.0. The van der Waals surface area contributed by atoms with E-state index in [2.05, 4.69) is 11.4 Å². The molecule has 0 spiro atoms. The first kappa shape index (κ1) is 21.7. The SMILES string of the molecule is O=C(CN1C(=O)C(=Cc2cccc(Cl)c2)Sc2ccccc21)NCCC1=CCCCC1. The van der Waals surface area contributed by atoms with Crippen molar-refractivity contribution >= 4 is 46.9 Å². The summed E-state index contributed by atoms with van der Waals surface area (Å²) in [6.45, 7) is 0.608. The van der Waals surface area contributed by atoms with Gasteiger partial charge in [-0.05, 0) is 68.0 Å². The van der Waals surface area contributed by atoms with Crippen LogP contribution in [0, 0.1) is 0 Å². The molecular formula is C25H25ClN2O2S. The van der Waals surface area contributed by atoms with Crippen LogP contribution in [0.25, 0.3) is 6.08 Å². The van der Waals surface area contributed by atoms with Crippen molar-refractivity contribution in [1.82, 2.24) is 5.32 Å². The number of allylic oxidation sites excluding steroid dienone is 1. The summed E-state index contributed by atoms with van der Waals surface area (Å²) in [5, 5.41) is 3.60. The Morgan fingerprint density at radius 2 is 2.03 bits per heavy atom. The van der Waals surface area contributed by atoms with Gasteiger partial charge in [-0.1, -0.05) is 59.3 Å². The number of hydrogen-bond donors (Lipinski definition) is 1. The third kappa shape index (κ3) is 5.60. The van der Waals surface area contributed by atoms with Crippen molar-refractivity contribution in [2.45, 2.75) is 37.0 Å². The van der Waals surface area contributed by atoms with Crippen LogP contribution < -0.4 is 10.2 Å². The molecule has 2 aliphatic rings. The van der Waals surface area contributed by atoms with Crippen LogP contribution in [0.1, 0.15) is 37.7 Å². The molecule has 0 fully saturated rings. The highest BCUT2D eigenvalue weighted by Crippen LogP contribution is 2.42. The molecule has 31 heavy (non-hydrogen) atoms. The molecule has 0 bridgehead atoms. The largest absolute Gasteiger partial charge is 0.354 e. The minimum absolute atomic E-state index is 0.00232. The second-order valence-electron chi connectivity index (χ2n) is 7.73. The first-order chi connectivity index (χ1) is 15.1. The van der Waals surface area contributed by atoms with Gasteiger partial charge in [0.05, 0.1) is 10.6 Å². The van der Waals surface area contributed by atoms with Crippen molar-refractivity contribution in [3.63, 3.8) is 0 Å². The third-order valence-electron chi connectivity index (χ3n) is 5.43. The van der Waals surface area contributed by atoms with Gasteiger partial charge in [0, 0.05) is 16.5 Å². The molecule has 0 unspecified atom stereocenters. The molecular weight excluding hydrogens is 428 g/mol. The van der Waals surface area contributed by atoms with Gasteiger partial charge in [0.15, 0.2) is 0 Å². The highest BCUT2D eigenvalue weighted by Gasteiger charge is 2.30. The van der Waals surface area contributed by atoms with Gasteiger partial charge >= 0.3 is 0 Å². The lowest BCUT2D eigenvalue weighted by atomic mass is 9.97. The van der Waals surface area contributed by atoms with E-state index >= 15 is 0 Å². The number of para-hydroxylation sites is 1. The Kier molecular flexibility index (Phi) is 7.15. The average Bonchev–Trinajstić information content (AvgIpc) is 2.77. The molecule has 160 valence electrons.